The van der Waals surface area contributed by atoms with Gasteiger partial charge in [0.05, 0.1) is 0 Å². The summed E-state index contributed by atoms with van der Waals surface area (Å²) in [4.78, 5) is 0. The molecule has 0 aliphatic carbocycles. The molecule has 0 N–H and O–H groups in total. The van der Waals surface area contributed by atoms with Crippen molar-refractivity contribution in [2.24, 2.45) is 0 Å². The van der Waals surface area contributed by atoms with Crippen molar-refractivity contribution in [3.8, 4) is 55.6 Å². The van der Waals surface area contributed by atoms with Gasteiger partial charge in [0.2, 0.25) is 0 Å². The summed E-state index contributed by atoms with van der Waals surface area (Å²) in [6.45, 7) is 0. The Hall–Kier alpha value is -7.28. The molecule has 0 saturated carbocycles. The first-order chi connectivity index (χ1) is 27.7. The standard InChI is InChI=1S/C56H36/c1-3-13-39-31-44(25-23-37(39)11-1)41-15-9-16-42(32-41)45-26-28-48-34-46(27-29-47(48)33-45)43-17-10-18-49(36-43)55-51-19-5-7-21-53(51)56(54-22-8-6-20-52(54)55)50-30-24-38-12-2-4-14-40(38)35-50/h1-36H. The fourth-order valence-electron chi connectivity index (χ4n) is 8.80. The Morgan fingerprint density at radius 3 is 0.875 bits per heavy atom. The molecule has 260 valence electrons. The van der Waals surface area contributed by atoms with Gasteiger partial charge in [-0.05, 0) is 146 Å². The van der Waals surface area contributed by atoms with Crippen LogP contribution in [0.1, 0.15) is 0 Å². The van der Waals surface area contributed by atoms with Crippen LogP contribution in [0, 0.1) is 0 Å². The molecule has 0 aliphatic rings. The summed E-state index contributed by atoms with van der Waals surface area (Å²) in [6.07, 6.45) is 0. The van der Waals surface area contributed by atoms with E-state index in [9.17, 15) is 0 Å². The predicted molar refractivity (Wildman–Crippen MR) is 241 cm³/mol. The van der Waals surface area contributed by atoms with Gasteiger partial charge in [-0.1, -0.05) is 182 Å². The Morgan fingerprint density at radius 1 is 0.161 bits per heavy atom. The minimum atomic E-state index is 1.21. The highest BCUT2D eigenvalue weighted by Gasteiger charge is 2.17. The van der Waals surface area contributed by atoms with Crippen LogP contribution in [0.4, 0.5) is 0 Å². The number of fused-ring (bicyclic) bond motifs is 5. The Morgan fingerprint density at radius 2 is 0.429 bits per heavy atom. The number of benzene rings is 11. The number of rotatable bonds is 5. The van der Waals surface area contributed by atoms with E-state index in [2.05, 4.69) is 218 Å². The van der Waals surface area contributed by atoms with Crippen molar-refractivity contribution < 1.29 is 0 Å². The Balaban J connectivity index is 0.974. The quantitative estimate of drug-likeness (QED) is 0.156. The van der Waals surface area contributed by atoms with E-state index < -0.39 is 0 Å². The summed E-state index contributed by atoms with van der Waals surface area (Å²) < 4.78 is 0. The zero-order chi connectivity index (χ0) is 37.0. The normalized spacial score (nSPS) is 11.6. The van der Waals surface area contributed by atoms with Crippen molar-refractivity contribution in [3.05, 3.63) is 218 Å². The molecule has 0 bridgehead atoms. The molecule has 0 nitrogen and oxygen atoms in total. The van der Waals surface area contributed by atoms with Gasteiger partial charge in [0.1, 0.15) is 0 Å². The van der Waals surface area contributed by atoms with Gasteiger partial charge >= 0.3 is 0 Å². The van der Waals surface area contributed by atoms with Gasteiger partial charge in [-0.15, -0.1) is 0 Å². The van der Waals surface area contributed by atoms with Crippen molar-refractivity contribution in [1.82, 2.24) is 0 Å². The maximum absolute atomic E-state index is 2.37. The van der Waals surface area contributed by atoms with Crippen molar-refractivity contribution >= 4 is 53.9 Å². The summed E-state index contributed by atoms with van der Waals surface area (Å²) in [5, 5.41) is 12.6. The second kappa shape index (κ2) is 13.2. The lowest BCUT2D eigenvalue weighted by Gasteiger charge is -2.18. The highest BCUT2D eigenvalue weighted by molar-refractivity contribution is 6.22. The molecule has 0 saturated heterocycles. The van der Waals surface area contributed by atoms with Gasteiger partial charge in [0.15, 0.2) is 0 Å². The molecule has 0 amide bonds. The first-order valence-corrected chi connectivity index (χ1v) is 19.4. The SMILES string of the molecule is c1cc(-c2ccc3ccccc3c2)cc(-c2ccc3cc(-c4cccc(-c5c6ccccc6c(-c6ccc7ccccc7c6)c6ccccc56)c4)ccc3c2)c1. The second-order valence-electron chi connectivity index (χ2n) is 14.9. The summed E-state index contributed by atoms with van der Waals surface area (Å²) in [6, 6.07) is 80.4. The zero-order valence-corrected chi connectivity index (χ0v) is 30.8. The number of hydrogen-bond donors (Lipinski definition) is 0. The lowest BCUT2D eigenvalue weighted by molar-refractivity contribution is 1.60. The van der Waals surface area contributed by atoms with Gasteiger partial charge in [-0.25, -0.2) is 0 Å². The van der Waals surface area contributed by atoms with Crippen LogP contribution in [-0.2, 0) is 0 Å². The molecule has 0 aromatic heterocycles. The van der Waals surface area contributed by atoms with Crippen molar-refractivity contribution in [2.75, 3.05) is 0 Å². The molecule has 0 unspecified atom stereocenters. The van der Waals surface area contributed by atoms with Gasteiger partial charge in [0.25, 0.3) is 0 Å². The van der Waals surface area contributed by atoms with Crippen LogP contribution >= 0.6 is 0 Å². The molecular formula is C56H36. The van der Waals surface area contributed by atoms with E-state index in [4.69, 9.17) is 0 Å². The predicted octanol–water partition coefficient (Wildman–Crippen LogP) is 15.8. The minimum absolute atomic E-state index is 1.21. The van der Waals surface area contributed by atoms with Gasteiger partial charge < -0.3 is 0 Å². The van der Waals surface area contributed by atoms with Gasteiger partial charge in [-0.2, -0.15) is 0 Å². The smallest absolute Gasteiger partial charge is 0.00262 e. The average Bonchev–Trinajstić information content (AvgIpc) is 3.27. The molecule has 11 aromatic rings. The maximum Gasteiger partial charge on any atom is -0.00262 e. The van der Waals surface area contributed by atoms with Crippen LogP contribution in [0.2, 0.25) is 0 Å². The van der Waals surface area contributed by atoms with Crippen molar-refractivity contribution in [3.63, 3.8) is 0 Å². The third kappa shape index (κ3) is 5.54. The highest BCUT2D eigenvalue weighted by Crippen LogP contribution is 2.45. The fraction of sp³-hybridized carbons (Fsp3) is 0. The fourth-order valence-corrected chi connectivity index (χ4v) is 8.80. The minimum Gasteiger partial charge on any atom is -0.0616 e. The molecule has 0 spiro atoms. The monoisotopic (exact) mass is 708 g/mol. The number of hydrogen-bond acceptors (Lipinski definition) is 0. The molecule has 56 heavy (non-hydrogen) atoms. The lowest BCUT2D eigenvalue weighted by Crippen LogP contribution is -1.91. The molecule has 0 radical (unpaired) electrons. The molecule has 0 heteroatoms. The van der Waals surface area contributed by atoms with Crippen LogP contribution in [0.5, 0.6) is 0 Å². The third-order valence-electron chi connectivity index (χ3n) is 11.6. The second-order valence-corrected chi connectivity index (χ2v) is 14.9. The maximum atomic E-state index is 2.37. The van der Waals surface area contributed by atoms with E-state index in [-0.39, 0.29) is 0 Å². The van der Waals surface area contributed by atoms with Crippen LogP contribution < -0.4 is 0 Å². The summed E-state index contributed by atoms with van der Waals surface area (Å²) in [5.41, 5.74) is 12.4. The Kier molecular flexibility index (Phi) is 7.60. The largest absolute Gasteiger partial charge is 0.0616 e. The van der Waals surface area contributed by atoms with Crippen molar-refractivity contribution in [1.29, 1.82) is 0 Å². The molecule has 11 aromatic carbocycles. The van der Waals surface area contributed by atoms with Crippen molar-refractivity contribution in [2.45, 2.75) is 0 Å². The molecule has 0 heterocycles. The third-order valence-corrected chi connectivity index (χ3v) is 11.6. The molecule has 0 atom stereocenters. The van der Waals surface area contributed by atoms with Gasteiger partial charge in [-0.3, -0.25) is 0 Å². The summed E-state index contributed by atoms with van der Waals surface area (Å²) in [5.74, 6) is 0. The van der Waals surface area contributed by atoms with E-state index >= 15 is 0 Å². The van der Waals surface area contributed by atoms with Crippen LogP contribution in [0.3, 0.4) is 0 Å². The van der Waals surface area contributed by atoms with E-state index in [1.165, 1.54) is 109 Å². The first kappa shape index (κ1) is 32.2. The van der Waals surface area contributed by atoms with Crippen LogP contribution in [0.25, 0.3) is 109 Å². The highest BCUT2D eigenvalue weighted by atomic mass is 14.2. The molecule has 0 fully saturated rings. The Bertz CT molecular complexity index is 3250. The van der Waals surface area contributed by atoms with E-state index in [0.29, 0.717) is 0 Å². The Labute approximate surface area is 326 Å². The summed E-state index contributed by atoms with van der Waals surface area (Å²) >= 11 is 0. The lowest BCUT2D eigenvalue weighted by atomic mass is 9.85. The molecular weight excluding hydrogens is 673 g/mol. The van der Waals surface area contributed by atoms with E-state index in [1.54, 1.807) is 0 Å². The molecule has 11 rings (SSSR count). The summed E-state index contributed by atoms with van der Waals surface area (Å²) in [7, 11) is 0. The zero-order valence-electron chi connectivity index (χ0n) is 30.8. The van der Waals surface area contributed by atoms with Crippen LogP contribution in [0.15, 0.2) is 218 Å². The average molecular weight is 709 g/mol. The van der Waals surface area contributed by atoms with E-state index in [1.807, 2.05) is 0 Å². The van der Waals surface area contributed by atoms with E-state index in [0.717, 1.165) is 0 Å². The van der Waals surface area contributed by atoms with Crippen LogP contribution in [-0.4, -0.2) is 0 Å². The van der Waals surface area contributed by atoms with Gasteiger partial charge in [0, 0.05) is 0 Å². The topological polar surface area (TPSA) is 0 Å². The molecule has 0 aliphatic heterocycles. The first-order valence-electron chi connectivity index (χ1n) is 19.4.